The first-order valence-corrected chi connectivity index (χ1v) is 9.04. The van der Waals surface area contributed by atoms with Crippen molar-refractivity contribution in [2.75, 3.05) is 21.3 Å². The number of methoxy groups -OCH3 is 1. The molecule has 2 rings (SSSR count). The van der Waals surface area contributed by atoms with Crippen molar-refractivity contribution >= 4 is 23.1 Å². The average Bonchev–Trinajstić information content (AvgIpc) is 2.76. The molecule has 32 heavy (non-hydrogen) atoms. The van der Waals surface area contributed by atoms with Crippen LogP contribution in [0.4, 0.5) is 13.2 Å². The molecule has 0 radical (unpaired) electrons. The Kier molecular flexibility index (Phi) is 8.75. The van der Waals surface area contributed by atoms with Gasteiger partial charge in [-0.1, -0.05) is 27.6 Å². The van der Waals surface area contributed by atoms with Crippen LogP contribution in [0.15, 0.2) is 51.9 Å². The minimum atomic E-state index is -0.917. The molecule has 0 bridgehead atoms. The van der Waals surface area contributed by atoms with Crippen LogP contribution in [0, 0.1) is 17.5 Å². The zero-order valence-electron chi connectivity index (χ0n) is 17.7. The van der Waals surface area contributed by atoms with Crippen molar-refractivity contribution in [1.29, 1.82) is 0 Å². The van der Waals surface area contributed by atoms with Gasteiger partial charge in [0.05, 0.1) is 12.7 Å². The zero-order chi connectivity index (χ0) is 23.7. The van der Waals surface area contributed by atoms with Gasteiger partial charge in [0, 0.05) is 17.2 Å². The summed E-state index contributed by atoms with van der Waals surface area (Å²) in [6.07, 6.45) is 0. The summed E-state index contributed by atoms with van der Waals surface area (Å²) in [5.41, 5.74) is -0.396. The number of nitrogens with zero attached hydrogens (tertiary/aromatic N) is 3. The van der Waals surface area contributed by atoms with Crippen molar-refractivity contribution in [1.82, 2.24) is 0 Å². The average molecular weight is 451 g/mol. The van der Waals surface area contributed by atoms with Gasteiger partial charge in [-0.15, -0.1) is 0 Å². The highest BCUT2D eigenvalue weighted by atomic mass is 19.1. The maximum atomic E-state index is 14.5. The van der Waals surface area contributed by atoms with Crippen LogP contribution in [0.25, 0.3) is 0 Å². The van der Waals surface area contributed by atoms with Crippen LogP contribution in [-0.4, -0.2) is 44.4 Å². The summed E-state index contributed by atoms with van der Waals surface area (Å²) in [5.74, 6) is -3.31. The highest BCUT2D eigenvalue weighted by Crippen LogP contribution is 2.18. The number of halogens is 3. The summed E-state index contributed by atoms with van der Waals surface area (Å²) in [5, 5.41) is 11.1. The molecule has 0 spiro atoms. The standard InChI is InChI=1S/C21H20F3N3O5/c1-12(19(26-30-3)15-9-8-14(22)10-17(15)24)25-32-11-13-6-5-7-16(23)18(13)20(27-31-4)21(28)29-2/h5-10H,11H2,1-4H3. The van der Waals surface area contributed by atoms with Crippen molar-refractivity contribution in [3.05, 3.63) is 70.5 Å². The lowest BCUT2D eigenvalue weighted by Crippen LogP contribution is -2.21. The third-order valence-electron chi connectivity index (χ3n) is 4.03. The van der Waals surface area contributed by atoms with Gasteiger partial charge < -0.3 is 19.2 Å². The summed E-state index contributed by atoms with van der Waals surface area (Å²) in [4.78, 5) is 26.6. The Morgan fingerprint density at radius 3 is 2.22 bits per heavy atom. The molecular formula is C21H20F3N3O5. The molecular weight excluding hydrogens is 431 g/mol. The Morgan fingerprint density at radius 2 is 1.59 bits per heavy atom. The fourth-order valence-electron chi connectivity index (χ4n) is 2.65. The van der Waals surface area contributed by atoms with Crippen molar-refractivity contribution in [2.24, 2.45) is 15.5 Å². The Labute approximate surface area is 181 Å². The number of carbonyl (C=O) groups is 1. The summed E-state index contributed by atoms with van der Waals surface area (Å²) in [7, 11) is 3.56. The smallest absolute Gasteiger partial charge is 0.360 e. The third kappa shape index (κ3) is 5.84. The van der Waals surface area contributed by atoms with E-state index in [-0.39, 0.29) is 34.7 Å². The number of hydrogen-bond acceptors (Lipinski definition) is 8. The molecule has 0 amide bonds. The molecule has 0 aliphatic heterocycles. The zero-order valence-corrected chi connectivity index (χ0v) is 17.7. The highest BCUT2D eigenvalue weighted by molar-refractivity contribution is 6.47. The lowest BCUT2D eigenvalue weighted by Gasteiger charge is -2.11. The van der Waals surface area contributed by atoms with Crippen LogP contribution in [-0.2, 0) is 30.7 Å². The van der Waals surface area contributed by atoms with E-state index < -0.39 is 29.1 Å². The van der Waals surface area contributed by atoms with E-state index in [0.29, 0.717) is 6.07 Å². The summed E-state index contributed by atoms with van der Waals surface area (Å²) in [6, 6.07) is 6.94. The van der Waals surface area contributed by atoms with Crippen LogP contribution < -0.4 is 0 Å². The van der Waals surface area contributed by atoms with Gasteiger partial charge >= 0.3 is 5.97 Å². The quantitative estimate of drug-likeness (QED) is 0.330. The van der Waals surface area contributed by atoms with Crippen molar-refractivity contribution in [3.8, 4) is 0 Å². The van der Waals surface area contributed by atoms with E-state index in [1.807, 2.05) is 0 Å². The van der Waals surface area contributed by atoms with Crippen LogP contribution in [0.3, 0.4) is 0 Å². The number of hydrogen-bond donors (Lipinski definition) is 0. The molecule has 2 aromatic carbocycles. The van der Waals surface area contributed by atoms with Gasteiger partial charge in [-0.25, -0.2) is 18.0 Å². The number of carbonyl (C=O) groups excluding carboxylic acids is 1. The summed E-state index contributed by atoms with van der Waals surface area (Å²) >= 11 is 0. The van der Waals surface area contributed by atoms with Gasteiger partial charge in [-0.3, -0.25) is 0 Å². The molecule has 170 valence electrons. The van der Waals surface area contributed by atoms with Crippen LogP contribution in [0.1, 0.15) is 23.6 Å². The Bertz CT molecular complexity index is 1070. The Morgan fingerprint density at radius 1 is 0.906 bits per heavy atom. The maximum absolute atomic E-state index is 14.5. The highest BCUT2D eigenvalue weighted by Gasteiger charge is 2.23. The van der Waals surface area contributed by atoms with Crippen LogP contribution in [0.2, 0.25) is 0 Å². The summed E-state index contributed by atoms with van der Waals surface area (Å²) in [6.45, 7) is 1.16. The Hall–Kier alpha value is -3.89. The maximum Gasteiger partial charge on any atom is 0.360 e. The molecule has 8 nitrogen and oxygen atoms in total. The normalized spacial score (nSPS) is 12.4. The molecule has 0 aromatic heterocycles. The van der Waals surface area contributed by atoms with Crippen molar-refractivity contribution in [2.45, 2.75) is 13.5 Å². The second kappa shape index (κ2) is 11.5. The fraction of sp³-hybridized carbons (Fsp3) is 0.238. The molecule has 0 saturated heterocycles. The molecule has 11 heteroatoms. The minimum absolute atomic E-state index is 0.0411. The van der Waals surface area contributed by atoms with Gasteiger partial charge in [0.25, 0.3) is 0 Å². The van der Waals surface area contributed by atoms with Gasteiger partial charge in [0.15, 0.2) is 5.71 Å². The first kappa shape index (κ1) is 24.4. The number of ether oxygens (including phenoxy) is 1. The fourth-order valence-corrected chi connectivity index (χ4v) is 2.65. The lowest BCUT2D eigenvalue weighted by atomic mass is 10.0. The number of esters is 1. The van der Waals surface area contributed by atoms with Gasteiger partial charge in [0.1, 0.15) is 49.7 Å². The van der Waals surface area contributed by atoms with E-state index in [9.17, 15) is 18.0 Å². The molecule has 0 heterocycles. The van der Waals surface area contributed by atoms with Crippen molar-refractivity contribution in [3.63, 3.8) is 0 Å². The van der Waals surface area contributed by atoms with Gasteiger partial charge in [0.2, 0.25) is 0 Å². The largest absolute Gasteiger partial charge is 0.464 e. The lowest BCUT2D eigenvalue weighted by molar-refractivity contribution is -0.132. The van der Waals surface area contributed by atoms with Gasteiger partial charge in [-0.05, 0) is 25.1 Å². The van der Waals surface area contributed by atoms with E-state index in [4.69, 9.17) is 9.68 Å². The number of oxime groups is 3. The first-order chi connectivity index (χ1) is 15.3. The first-order valence-electron chi connectivity index (χ1n) is 9.04. The second-order valence-corrected chi connectivity index (χ2v) is 6.08. The topological polar surface area (TPSA) is 91.1 Å². The molecule has 0 fully saturated rings. The molecule has 0 atom stereocenters. The molecule has 2 aromatic rings. The predicted molar refractivity (Wildman–Crippen MR) is 110 cm³/mol. The van der Waals surface area contributed by atoms with E-state index in [2.05, 4.69) is 25.0 Å². The SMILES string of the molecule is CON=C(C(C)=NOCc1cccc(F)c1C(=NOC)C(=O)OC)c1ccc(F)cc1F. The molecule has 0 N–H and O–H groups in total. The molecule has 0 saturated carbocycles. The minimum Gasteiger partial charge on any atom is -0.464 e. The van der Waals surface area contributed by atoms with Gasteiger partial charge in [-0.2, -0.15) is 0 Å². The van der Waals surface area contributed by atoms with E-state index in [0.717, 1.165) is 19.2 Å². The molecule has 0 aliphatic rings. The second-order valence-electron chi connectivity index (χ2n) is 6.08. The monoisotopic (exact) mass is 451 g/mol. The third-order valence-corrected chi connectivity index (χ3v) is 4.03. The Balaban J connectivity index is 2.34. The molecule has 0 unspecified atom stereocenters. The predicted octanol–water partition coefficient (Wildman–Crippen LogP) is 3.57. The van der Waals surface area contributed by atoms with Crippen LogP contribution in [0.5, 0.6) is 0 Å². The van der Waals surface area contributed by atoms with E-state index >= 15 is 0 Å². The molecule has 0 aliphatic carbocycles. The van der Waals surface area contributed by atoms with E-state index in [1.54, 1.807) is 0 Å². The number of benzene rings is 2. The van der Waals surface area contributed by atoms with Crippen molar-refractivity contribution < 1.29 is 37.2 Å². The van der Waals surface area contributed by atoms with E-state index in [1.165, 1.54) is 39.3 Å². The number of rotatable bonds is 9. The summed E-state index contributed by atoms with van der Waals surface area (Å²) < 4.78 is 46.5. The van der Waals surface area contributed by atoms with Crippen LogP contribution >= 0.6 is 0 Å².